The van der Waals surface area contributed by atoms with E-state index in [0.29, 0.717) is 26.7 Å². The normalized spacial score (nSPS) is 10.7. The lowest BCUT2D eigenvalue weighted by atomic mass is 10.3. The van der Waals surface area contributed by atoms with Crippen molar-refractivity contribution in [1.29, 1.82) is 0 Å². The first-order chi connectivity index (χ1) is 12.0. The second kappa shape index (κ2) is 8.81. The van der Waals surface area contributed by atoms with Gasteiger partial charge in [-0.15, -0.1) is 10.2 Å². The summed E-state index contributed by atoms with van der Waals surface area (Å²) in [6, 6.07) is 0. The third-order valence-electron chi connectivity index (χ3n) is 3.04. The number of esters is 1. The Balaban J connectivity index is 1.92. The van der Waals surface area contributed by atoms with Gasteiger partial charge in [0.2, 0.25) is 11.1 Å². The van der Waals surface area contributed by atoms with Crippen molar-refractivity contribution < 1.29 is 14.3 Å². The molecule has 0 radical (unpaired) electrons. The molecule has 0 aromatic carbocycles. The first-order valence-corrected chi connectivity index (χ1v) is 9.53. The molecule has 2 heterocycles. The van der Waals surface area contributed by atoms with E-state index in [-0.39, 0.29) is 18.3 Å². The van der Waals surface area contributed by atoms with Gasteiger partial charge in [0, 0.05) is 6.42 Å². The zero-order valence-corrected chi connectivity index (χ0v) is 15.9. The molecule has 0 fully saturated rings. The molecule has 1 amide bonds. The molecule has 11 heteroatoms. The second-order valence-electron chi connectivity index (χ2n) is 5.01. The van der Waals surface area contributed by atoms with Crippen molar-refractivity contribution in [3.8, 4) is 0 Å². The number of hydrogen-bond donors (Lipinski definition) is 2. The number of ether oxygens (including phenoxy) is 1. The van der Waals surface area contributed by atoms with Gasteiger partial charge in [0.15, 0.2) is 11.0 Å². The summed E-state index contributed by atoms with van der Waals surface area (Å²) < 4.78 is 6.35. The molecule has 0 saturated heterocycles. The minimum Gasteiger partial charge on any atom is -0.462 e. The fourth-order valence-corrected chi connectivity index (χ4v) is 3.47. The molecule has 0 aliphatic carbocycles. The van der Waals surface area contributed by atoms with E-state index in [1.165, 1.54) is 16.4 Å². The molecular formula is C14H20N6O3S2. The number of nitrogen functional groups attached to an aromatic ring is 1. The third kappa shape index (κ3) is 4.92. The van der Waals surface area contributed by atoms with E-state index >= 15 is 0 Å². The molecule has 0 bridgehead atoms. The lowest BCUT2D eigenvalue weighted by Crippen LogP contribution is -2.17. The fourth-order valence-electron chi connectivity index (χ4n) is 1.92. The van der Waals surface area contributed by atoms with E-state index in [0.717, 1.165) is 24.2 Å². The summed E-state index contributed by atoms with van der Waals surface area (Å²) in [7, 11) is 0. The standard InChI is InChI=1S/C14H20N6O3S2/c1-4-6-9-18-19-14(20(9)15)24-7-10(21)17-13-16-8(3)11(25-13)12(22)23-5-2/h4-7,15H2,1-3H3,(H,16,17,21). The van der Waals surface area contributed by atoms with Crippen molar-refractivity contribution in [3.63, 3.8) is 0 Å². The topological polar surface area (TPSA) is 125 Å². The van der Waals surface area contributed by atoms with E-state index in [1.54, 1.807) is 13.8 Å². The molecule has 2 aromatic rings. The van der Waals surface area contributed by atoms with Gasteiger partial charge in [-0.25, -0.2) is 14.5 Å². The van der Waals surface area contributed by atoms with Crippen LogP contribution in [0.2, 0.25) is 0 Å². The van der Waals surface area contributed by atoms with Crippen molar-refractivity contribution in [1.82, 2.24) is 19.9 Å². The van der Waals surface area contributed by atoms with Crippen molar-refractivity contribution in [2.45, 2.75) is 38.8 Å². The zero-order valence-electron chi connectivity index (χ0n) is 14.2. The molecule has 136 valence electrons. The highest BCUT2D eigenvalue weighted by molar-refractivity contribution is 7.99. The van der Waals surface area contributed by atoms with E-state index in [2.05, 4.69) is 20.5 Å². The molecule has 0 saturated carbocycles. The monoisotopic (exact) mass is 384 g/mol. The van der Waals surface area contributed by atoms with Gasteiger partial charge in [0.1, 0.15) is 4.88 Å². The molecule has 9 nitrogen and oxygen atoms in total. The molecule has 25 heavy (non-hydrogen) atoms. The molecular weight excluding hydrogens is 364 g/mol. The van der Waals surface area contributed by atoms with Crippen LogP contribution in [0.5, 0.6) is 0 Å². The number of thioether (sulfide) groups is 1. The zero-order chi connectivity index (χ0) is 18.4. The van der Waals surface area contributed by atoms with Crippen LogP contribution in [0.3, 0.4) is 0 Å². The van der Waals surface area contributed by atoms with Gasteiger partial charge >= 0.3 is 5.97 Å². The molecule has 0 aliphatic heterocycles. The first-order valence-electron chi connectivity index (χ1n) is 7.72. The lowest BCUT2D eigenvalue weighted by molar-refractivity contribution is -0.113. The Hall–Kier alpha value is -2.14. The Morgan fingerprint density at radius 2 is 2.12 bits per heavy atom. The molecule has 0 atom stereocenters. The summed E-state index contributed by atoms with van der Waals surface area (Å²) >= 11 is 2.27. The maximum absolute atomic E-state index is 12.1. The van der Waals surface area contributed by atoms with Crippen LogP contribution in [0.1, 0.15) is 41.5 Å². The minimum atomic E-state index is -0.438. The summed E-state index contributed by atoms with van der Waals surface area (Å²) in [5.74, 6) is 5.97. The van der Waals surface area contributed by atoms with Crippen LogP contribution in [0.25, 0.3) is 0 Å². The van der Waals surface area contributed by atoms with Crippen LogP contribution in [0.15, 0.2) is 5.16 Å². The summed E-state index contributed by atoms with van der Waals surface area (Å²) in [5, 5.41) is 11.5. The Bertz CT molecular complexity index is 758. The second-order valence-corrected chi connectivity index (χ2v) is 6.95. The smallest absolute Gasteiger partial charge is 0.350 e. The number of nitrogens with one attached hydrogen (secondary N) is 1. The number of carbonyl (C=O) groups is 2. The SMILES string of the molecule is CCCc1nnc(SCC(=O)Nc2nc(C)c(C(=O)OCC)s2)n1N. The van der Waals surface area contributed by atoms with E-state index < -0.39 is 5.97 Å². The quantitative estimate of drug-likeness (QED) is 0.399. The number of thiazole rings is 1. The lowest BCUT2D eigenvalue weighted by Gasteiger charge is -2.03. The number of aromatic nitrogens is 4. The summed E-state index contributed by atoms with van der Waals surface area (Å²) in [4.78, 5) is 28.4. The van der Waals surface area contributed by atoms with Crippen LogP contribution >= 0.6 is 23.1 Å². The number of anilines is 1. The van der Waals surface area contributed by atoms with Crippen molar-refractivity contribution >= 4 is 40.1 Å². The predicted molar refractivity (Wildman–Crippen MR) is 96.3 cm³/mol. The van der Waals surface area contributed by atoms with Crippen LogP contribution in [-0.4, -0.2) is 44.1 Å². The Morgan fingerprint density at radius 1 is 1.36 bits per heavy atom. The minimum absolute atomic E-state index is 0.106. The van der Waals surface area contributed by atoms with E-state index in [9.17, 15) is 9.59 Å². The molecule has 2 rings (SSSR count). The number of rotatable bonds is 8. The number of nitrogens with two attached hydrogens (primary N) is 1. The molecule has 0 unspecified atom stereocenters. The maximum atomic E-state index is 12.1. The molecule has 3 N–H and O–H groups in total. The highest BCUT2D eigenvalue weighted by atomic mass is 32.2. The number of carbonyl (C=O) groups excluding carboxylic acids is 2. The molecule has 0 aliphatic rings. The summed E-state index contributed by atoms with van der Waals surface area (Å²) in [6.07, 6.45) is 1.64. The third-order valence-corrected chi connectivity index (χ3v) is 5.04. The average molecular weight is 384 g/mol. The van der Waals surface area contributed by atoms with Gasteiger partial charge in [-0.3, -0.25) is 4.79 Å². The van der Waals surface area contributed by atoms with Gasteiger partial charge in [0.25, 0.3) is 0 Å². The van der Waals surface area contributed by atoms with Crippen LogP contribution in [0, 0.1) is 6.92 Å². The summed E-state index contributed by atoms with van der Waals surface area (Å²) in [6.45, 7) is 5.74. The van der Waals surface area contributed by atoms with E-state index in [1.807, 2.05) is 6.92 Å². The highest BCUT2D eigenvalue weighted by Crippen LogP contribution is 2.24. The van der Waals surface area contributed by atoms with Crippen molar-refractivity contribution in [2.75, 3.05) is 23.5 Å². The van der Waals surface area contributed by atoms with Crippen molar-refractivity contribution in [3.05, 3.63) is 16.4 Å². The number of hydrogen-bond acceptors (Lipinski definition) is 9. The van der Waals surface area contributed by atoms with Gasteiger partial charge in [-0.05, 0) is 20.3 Å². The fraction of sp³-hybridized carbons (Fsp3) is 0.500. The van der Waals surface area contributed by atoms with E-state index in [4.69, 9.17) is 10.6 Å². The van der Waals surface area contributed by atoms with Crippen LogP contribution < -0.4 is 11.2 Å². The molecule has 0 spiro atoms. The average Bonchev–Trinajstić information content (AvgIpc) is 3.10. The Labute approximate surface area is 153 Å². The summed E-state index contributed by atoms with van der Waals surface area (Å²) in [5.41, 5.74) is 0.525. The number of amides is 1. The Morgan fingerprint density at radius 3 is 2.80 bits per heavy atom. The van der Waals surface area contributed by atoms with Crippen LogP contribution in [0.4, 0.5) is 5.13 Å². The highest BCUT2D eigenvalue weighted by Gasteiger charge is 2.18. The Kier molecular flexibility index (Phi) is 6.76. The van der Waals surface area contributed by atoms with Gasteiger partial charge in [0.05, 0.1) is 18.1 Å². The van der Waals surface area contributed by atoms with Gasteiger partial charge in [-0.1, -0.05) is 30.0 Å². The van der Waals surface area contributed by atoms with Crippen molar-refractivity contribution in [2.24, 2.45) is 0 Å². The van der Waals surface area contributed by atoms with Gasteiger partial charge in [-0.2, -0.15) is 0 Å². The number of aryl methyl sites for hydroxylation is 2. The van der Waals surface area contributed by atoms with Crippen LogP contribution in [-0.2, 0) is 16.0 Å². The maximum Gasteiger partial charge on any atom is 0.350 e. The molecule has 2 aromatic heterocycles. The van der Waals surface area contributed by atoms with Gasteiger partial charge < -0.3 is 15.9 Å². The largest absolute Gasteiger partial charge is 0.462 e. The predicted octanol–water partition coefficient (Wildman–Crippen LogP) is 1.62. The number of nitrogens with zero attached hydrogens (tertiary/aromatic N) is 4. The first kappa shape index (κ1) is 19.2.